The van der Waals surface area contributed by atoms with Crippen LogP contribution in [0.1, 0.15) is 17.3 Å². The number of fused-ring (bicyclic) bond motifs is 1. The summed E-state index contributed by atoms with van der Waals surface area (Å²) in [7, 11) is 0. The molecule has 8 nitrogen and oxygen atoms in total. The van der Waals surface area contributed by atoms with Gasteiger partial charge < -0.3 is 14.8 Å². The highest BCUT2D eigenvalue weighted by Crippen LogP contribution is 2.28. The molecule has 1 atom stereocenters. The van der Waals surface area contributed by atoms with Crippen molar-refractivity contribution in [3.05, 3.63) is 79.9 Å². The summed E-state index contributed by atoms with van der Waals surface area (Å²) in [6, 6.07) is 5.11. The maximum Gasteiger partial charge on any atom is 0.266 e. The lowest BCUT2D eigenvalue weighted by Gasteiger charge is -2.34. The summed E-state index contributed by atoms with van der Waals surface area (Å²) in [5, 5.41) is 13.8. The van der Waals surface area contributed by atoms with Crippen LogP contribution in [0.25, 0.3) is 16.6 Å². The maximum absolute atomic E-state index is 15.1. The van der Waals surface area contributed by atoms with Gasteiger partial charge in [-0.1, -0.05) is 0 Å². The molecular formula is C22H20ClF3N4O4. The van der Waals surface area contributed by atoms with E-state index in [4.69, 9.17) is 0 Å². The van der Waals surface area contributed by atoms with Crippen molar-refractivity contribution in [1.82, 2.24) is 9.88 Å². The fraction of sp³-hybridized carbons (Fsp3) is 0.273. The van der Waals surface area contributed by atoms with E-state index in [2.05, 4.69) is 5.32 Å². The summed E-state index contributed by atoms with van der Waals surface area (Å²) in [5.41, 5.74) is -1.45. The Labute approximate surface area is 197 Å². The highest BCUT2D eigenvalue weighted by molar-refractivity contribution is 6.00. The molecule has 1 N–H and O–H groups in total. The van der Waals surface area contributed by atoms with E-state index >= 15 is 4.39 Å². The maximum atomic E-state index is 15.1. The normalized spacial score (nSPS) is 15.8. The second-order valence-corrected chi connectivity index (χ2v) is 7.87. The fourth-order valence-electron chi connectivity index (χ4n) is 4.00. The van der Waals surface area contributed by atoms with Crippen molar-refractivity contribution < 1.29 is 22.9 Å². The number of aromatic nitrogens is 1. The van der Waals surface area contributed by atoms with Gasteiger partial charge in [0, 0.05) is 48.2 Å². The first kappa shape index (κ1) is 25.2. The molecular weight excluding hydrogens is 477 g/mol. The number of nitrogens with one attached hydrogen (secondary N) is 1. The molecule has 0 bridgehead atoms. The molecule has 0 amide bonds. The molecule has 4 rings (SSSR count). The lowest BCUT2D eigenvalue weighted by molar-refractivity contribution is -0.465. The van der Waals surface area contributed by atoms with Gasteiger partial charge in [0.05, 0.1) is 22.5 Å². The minimum absolute atomic E-state index is 0. The van der Waals surface area contributed by atoms with E-state index in [9.17, 15) is 28.5 Å². The third-order valence-electron chi connectivity index (χ3n) is 5.52. The molecule has 1 aliphatic heterocycles. The Kier molecular flexibility index (Phi) is 7.27. The molecule has 1 aromatic heterocycles. The van der Waals surface area contributed by atoms with Crippen LogP contribution >= 0.6 is 12.4 Å². The monoisotopic (exact) mass is 496 g/mol. The summed E-state index contributed by atoms with van der Waals surface area (Å²) in [6.07, 6.45) is 0.981. The average Bonchev–Trinajstić information content (AvgIpc) is 2.74. The molecule has 2 aromatic carbocycles. The van der Waals surface area contributed by atoms with Crippen molar-refractivity contribution in [3.8, 4) is 5.69 Å². The number of nitro groups is 1. The Hall–Kier alpha value is -3.44. The number of benzene rings is 2. The molecule has 1 fully saturated rings. The molecule has 12 heteroatoms. The van der Waals surface area contributed by atoms with E-state index in [1.54, 1.807) is 4.90 Å². The topological polar surface area (TPSA) is 97.5 Å². The van der Waals surface area contributed by atoms with Crippen LogP contribution in [-0.2, 0) is 0 Å². The largest absolute Gasteiger partial charge is 0.366 e. The van der Waals surface area contributed by atoms with E-state index in [-0.39, 0.29) is 40.7 Å². The molecule has 0 radical (unpaired) electrons. The van der Waals surface area contributed by atoms with Crippen molar-refractivity contribution >= 4 is 34.8 Å². The fourth-order valence-corrected chi connectivity index (χ4v) is 4.00. The Morgan fingerprint density at radius 1 is 1.18 bits per heavy atom. The van der Waals surface area contributed by atoms with Gasteiger partial charge in [-0.15, -0.1) is 12.4 Å². The van der Waals surface area contributed by atoms with Gasteiger partial charge in [0.15, 0.2) is 0 Å². The van der Waals surface area contributed by atoms with Crippen LogP contribution in [0.15, 0.2) is 41.3 Å². The van der Waals surface area contributed by atoms with Crippen LogP contribution in [0.5, 0.6) is 0 Å². The molecule has 0 saturated carbocycles. The Morgan fingerprint density at radius 2 is 1.88 bits per heavy atom. The minimum Gasteiger partial charge on any atom is -0.366 e. The highest BCUT2D eigenvalue weighted by atomic mass is 35.5. The van der Waals surface area contributed by atoms with E-state index in [0.29, 0.717) is 25.7 Å². The van der Waals surface area contributed by atoms with Crippen LogP contribution in [0.3, 0.4) is 0 Å². The molecule has 1 unspecified atom stereocenters. The van der Waals surface area contributed by atoms with Crippen molar-refractivity contribution in [3.63, 3.8) is 0 Å². The number of hydrogen-bond donors (Lipinski definition) is 1. The van der Waals surface area contributed by atoms with Gasteiger partial charge in [0.1, 0.15) is 17.5 Å². The zero-order valence-corrected chi connectivity index (χ0v) is 18.7. The Bertz CT molecular complexity index is 1350. The van der Waals surface area contributed by atoms with Gasteiger partial charge in [-0.25, -0.2) is 13.2 Å². The number of pyridine rings is 1. The summed E-state index contributed by atoms with van der Waals surface area (Å²) in [5.74, 6) is -3.66. The number of carbonyl (C=O) groups excluding carboxylic acids is 1. The second kappa shape index (κ2) is 9.82. The van der Waals surface area contributed by atoms with Crippen LogP contribution in [0.4, 0.5) is 18.9 Å². The first-order valence-electron chi connectivity index (χ1n) is 10.1. The van der Waals surface area contributed by atoms with Gasteiger partial charge in [0.2, 0.25) is 11.2 Å². The number of rotatable bonds is 5. The highest BCUT2D eigenvalue weighted by Gasteiger charge is 2.24. The Morgan fingerprint density at radius 3 is 2.53 bits per heavy atom. The van der Waals surface area contributed by atoms with Gasteiger partial charge in [0.25, 0.3) is 6.54 Å². The van der Waals surface area contributed by atoms with E-state index in [1.165, 1.54) is 6.07 Å². The lowest BCUT2D eigenvalue weighted by atomic mass is 10.1. The molecule has 1 saturated heterocycles. The Balaban J connectivity index is 0.00000324. The molecule has 0 spiro atoms. The van der Waals surface area contributed by atoms with Crippen molar-refractivity contribution in [2.24, 2.45) is 0 Å². The SMILES string of the molecule is CC1CN(c2cc3c(cc2F)c(=O)c(C(=O)C[N+](=O)[O-])cn3-c2ccc(F)cc2F)CCN1.Cl. The molecule has 2 heterocycles. The lowest BCUT2D eigenvalue weighted by Crippen LogP contribution is -2.49. The molecule has 3 aromatic rings. The van der Waals surface area contributed by atoms with E-state index < -0.39 is 45.7 Å². The number of Topliss-reactive ketones (excluding diaryl/α,β-unsaturated/α-hetero) is 1. The summed E-state index contributed by atoms with van der Waals surface area (Å²) < 4.78 is 44.4. The van der Waals surface area contributed by atoms with E-state index in [0.717, 1.165) is 29.0 Å². The van der Waals surface area contributed by atoms with Crippen LogP contribution in [-0.4, -0.2) is 47.5 Å². The van der Waals surface area contributed by atoms with Crippen LogP contribution < -0.4 is 15.6 Å². The molecule has 34 heavy (non-hydrogen) atoms. The number of anilines is 1. The zero-order valence-electron chi connectivity index (χ0n) is 17.9. The standard InChI is InChI=1S/C22H19F3N4O4.ClH/c1-12-9-27(5-4-26-12)20-8-19-14(7-17(20)25)22(31)15(21(30)11-29(32)33)10-28(19)18-3-2-13(23)6-16(18)24;/h2-3,6-8,10,12,26H,4-5,9,11H2,1H3;1H. The third kappa shape index (κ3) is 4.75. The number of nitrogens with zero attached hydrogens (tertiary/aromatic N) is 3. The smallest absolute Gasteiger partial charge is 0.266 e. The first-order chi connectivity index (χ1) is 15.7. The predicted molar refractivity (Wildman–Crippen MR) is 123 cm³/mol. The zero-order chi connectivity index (χ0) is 23.9. The van der Waals surface area contributed by atoms with Gasteiger partial charge in [-0.05, 0) is 31.2 Å². The first-order valence-corrected chi connectivity index (χ1v) is 10.1. The number of halogens is 4. The average molecular weight is 497 g/mol. The minimum atomic E-state index is -1.16. The number of hydrogen-bond acceptors (Lipinski definition) is 6. The van der Waals surface area contributed by atoms with E-state index in [1.807, 2.05) is 6.92 Å². The molecule has 0 aliphatic carbocycles. The van der Waals surface area contributed by atoms with Crippen molar-refractivity contribution in [2.45, 2.75) is 13.0 Å². The molecule has 1 aliphatic rings. The van der Waals surface area contributed by atoms with Gasteiger partial charge in [-0.3, -0.25) is 19.7 Å². The van der Waals surface area contributed by atoms with Gasteiger partial charge in [-0.2, -0.15) is 0 Å². The van der Waals surface area contributed by atoms with Crippen molar-refractivity contribution in [1.29, 1.82) is 0 Å². The summed E-state index contributed by atoms with van der Waals surface area (Å²) >= 11 is 0. The van der Waals surface area contributed by atoms with Gasteiger partial charge >= 0.3 is 0 Å². The third-order valence-corrected chi connectivity index (χ3v) is 5.52. The number of carbonyl (C=O) groups is 1. The number of ketones is 1. The second-order valence-electron chi connectivity index (χ2n) is 7.87. The quantitative estimate of drug-likeness (QED) is 0.331. The van der Waals surface area contributed by atoms with Crippen LogP contribution in [0.2, 0.25) is 0 Å². The van der Waals surface area contributed by atoms with Crippen LogP contribution in [0, 0.1) is 27.6 Å². The predicted octanol–water partition coefficient (Wildman–Crippen LogP) is 3.09. The molecule has 180 valence electrons. The summed E-state index contributed by atoms with van der Waals surface area (Å²) in [4.78, 5) is 37.0. The van der Waals surface area contributed by atoms with Crippen molar-refractivity contribution in [2.75, 3.05) is 31.1 Å². The summed E-state index contributed by atoms with van der Waals surface area (Å²) in [6.45, 7) is 2.35. The number of piperazine rings is 1.